The van der Waals surface area contributed by atoms with Gasteiger partial charge in [-0.25, -0.2) is 0 Å². The zero-order chi connectivity index (χ0) is 14.1. The van der Waals surface area contributed by atoms with Crippen molar-refractivity contribution < 1.29 is 4.74 Å². The molecule has 0 radical (unpaired) electrons. The average Bonchev–Trinajstić information content (AvgIpc) is 2.46. The summed E-state index contributed by atoms with van der Waals surface area (Å²) in [4.78, 5) is 0. The molecule has 0 fully saturated rings. The third-order valence-electron chi connectivity index (χ3n) is 3.69. The predicted octanol–water partition coefficient (Wildman–Crippen LogP) is 4.24. The first kappa shape index (κ1) is 13.7. The maximum atomic E-state index is 6.34. The molecule has 1 atom stereocenters. The van der Waals surface area contributed by atoms with Gasteiger partial charge in [-0.2, -0.15) is 0 Å². The van der Waals surface area contributed by atoms with Gasteiger partial charge in [0.25, 0.3) is 0 Å². The van der Waals surface area contributed by atoms with Gasteiger partial charge in [-0.05, 0) is 41.8 Å². The van der Waals surface area contributed by atoms with Gasteiger partial charge in [0.1, 0.15) is 5.75 Å². The summed E-state index contributed by atoms with van der Waals surface area (Å²) in [6.45, 7) is 0.895. The van der Waals surface area contributed by atoms with E-state index < -0.39 is 0 Å². The van der Waals surface area contributed by atoms with Crippen LogP contribution in [-0.2, 0) is 6.42 Å². The van der Waals surface area contributed by atoms with Crippen LogP contribution in [-0.4, -0.2) is 13.7 Å². The fourth-order valence-electron chi connectivity index (χ4n) is 2.71. The molecule has 0 saturated heterocycles. The third-order valence-corrected chi connectivity index (χ3v) is 4.35. The van der Waals surface area contributed by atoms with Crippen LogP contribution in [0.15, 0.2) is 36.4 Å². The van der Waals surface area contributed by atoms with Gasteiger partial charge in [0, 0.05) is 22.2 Å². The Kier molecular flexibility index (Phi) is 3.88. The molecule has 0 bridgehead atoms. The zero-order valence-corrected chi connectivity index (χ0v) is 12.6. The lowest BCUT2D eigenvalue weighted by Gasteiger charge is -2.29. The lowest BCUT2D eigenvalue weighted by Crippen LogP contribution is -2.31. The van der Waals surface area contributed by atoms with Crippen molar-refractivity contribution in [1.82, 2.24) is 5.32 Å². The summed E-state index contributed by atoms with van der Waals surface area (Å²) in [5.41, 5.74) is 3.44. The quantitative estimate of drug-likeness (QED) is 0.896. The van der Waals surface area contributed by atoms with Crippen LogP contribution in [0, 0.1) is 0 Å². The van der Waals surface area contributed by atoms with E-state index in [-0.39, 0.29) is 6.04 Å². The average molecular weight is 308 g/mol. The van der Waals surface area contributed by atoms with E-state index in [2.05, 4.69) is 17.4 Å². The Balaban J connectivity index is 2.10. The SMILES string of the molecule is COc1ccc2c(c1)CCNC2c1c(Cl)cccc1Cl. The molecule has 20 heavy (non-hydrogen) atoms. The predicted molar refractivity (Wildman–Crippen MR) is 83.0 cm³/mol. The van der Waals surface area contributed by atoms with Crippen LogP contribution < -0.4 is 10.1 Å². The minimum atomic E-state index is 0.0332. The van der Waals surface area contributed by atoms with E-state index in [1.54, 1.807) is 7.11 Å². The van der Waals surface area contributed by atoms with Crippen LogP contribution in [0.25, 0.3) is 0 Å². The van der Waals surface area contributed by atoms with Gasteiger partial charge in [-0.15, -0.1) is 0 Å². The molecular formula is C16H15Cl2NO. The Bertz CT molecular complexity index is 622. The summed E-state index contributed by atoms with van der Waals surface area (Å²) < 4.78 is 5.30. The van der Waals surface area contributed by atoms with Crippen LogP contribution >= 0.6 is 23.2 Å². The lowest BCUT2D eigenvalue weighted by molar-refractivity contribution is 0.413. The Labute approximate surface area is 128 Å². The topological polar surface area (TPSA) is 21.3 Å². The fourth-order valence-corrected chi connectivity index (χ4v) is 3.33. The highest BCUT2D eigenvalue weighted by molar-refractivity contribution is 6.36. The Morgan fingerprint density at radius 3 is 2.60 bits per heavy atom. The van der Waals surface area contributed by atoms with E-state index in [4.69, 9.17) is 27.9 Å². The molecule has 4 heteroatoms. The van der Waals surface area contributed by atoms with Gasteiger partial charge in [-0.1, -0.05) is 35.3 Å². The van der Waals surface area contributed by atoms with Crippen LogP contribution in [0.4, 0.5) is 0 Å². The summed E-state index contributed by atoms with van der Waals surface area (Å²) in [5, 5.41) is 4.89. The maximum Gasteiger partial charge on any atom is 0.119 e. The normalized spacial score (nSPS) is 17.6. The molecular weight excluding hydrogens is 293 g/mol. The number of halogens is 2. The van der Waals surface area contributed by atoms with Gasteiger partial charge in [0.15, 0.2) is 0 Å². The van der Waals surface area contributed by atoms with Gasteiger partial charge in [0.2, 0.25) is 0 Å². The number of ether oxygens (including phenoxy) is 1. The molecule has 2 aromatic rings. The second-order valence-corrected chi connectivity index (χ2v) is 5.65. The molecule has 1 unspecified atom stereocenters. The molecule has 0 saturated carbocycles. The van der Waals surface area contributed by atoms with E-state index >= 15 is 0 Å². The number of hydrogen-bond acceptors (Lipinski definition) is 2. The molecule has 1 N–H and O–H groups in total. The molecule has 2 aromatic carbocycles. The summed E-state index contributed by atoms with van der Waals surface area (Å²) in [6, 6.07) is 11.8. The number of nitrogens with one attached hydrogen (secondary N) is 1. The van der Waals surface area contributed by atoms with E-state index in [1.165, 1.54) is 11.1 Å². The molecule has 3 rings (SSSR count). The zero-order valence-electron chi connectivity index (χ0n) is 11.1. The number of rotatable bonds is 2. The van der Waals surface area contributed by atoms with Crippen LogP contribution in [0.1, 0.15) is 22.7 Å². The molecule has 0 amide bonds. The summed E-state index contributed by atoms with van der Waals surface area (Å²) in [5.74, 6) is 0.884. The van der Waals surface area contributed by atoms with Gasteiger partial charge in [0.05, 0.1) is 13.2 Å². The lowest BCUT2D eigenvalue weighted by atomic mass is 9.89. The molecule has 1 heterocycles. The summed E-state index contributed by atoms with van der Waals surface area (Å²) in [7, 11) is 1.69. The largest absolute Gasteiger partial charge is 0.497 e. The number of methoxy groups -OCH3 is 1. The van der Waals surface area contributed by atoms with Crippen molar-refractivity contribution in [1.29, 1.82) is 0 Å². The Morgan fingerprint density at radius 2 is 1.90 bits per heavy atom. The first-order chi connectivity index (χ1) is 9.70. The van der Waals surface area contributed by atoms with Crippen LogP contribution in [0.5, 0.6) is 5.75 Å². The van der Waals surface area contributed by atoms with Crippen LogP contribution in [0.3, 0.4) is 0 Å². The van der Waals surface area contributed by atoms with Gasteiger partial charge in [-0.3, -0.25) is 0 Å². The highest BCUT2D eigenvalue weighted by atomic mass is 35.5. The summed E-state index contributed by atoms with van der Waals surface area (Å²) in [6.07, 6.45) is 0.977. The Hall–Kier alpha value is -1.22. The summed E-state index contributed by atoms with van der Waals surface area (Å²) >= 11 is 12.7. The van der Waals surface area contributed by atoms with E-state index in [1.807, 2.05) is 24.3 Å². The van der Waals surface area contributed by atoms with Crippen molar-refractivity contribution in [3.63, 3.8) is 0 Å². The van der Waals surface area contributed by atoms with Crippen molar-refractivity contribution in [2.75, 3.05) is 13.7 Å². The molecule has 104 valence electrons. The highest BCUT2D eigenvalue weighted by Crippen LogP contribution is 2.37. The molecule has 1 aliphatic rings. The molecule has 1 aliphatic heterocycles. The van der Waals surface area contributed by atoms with E-state index in [0.29, 0.717) is 10.0 Å². The molecule has 0 aliphatic carbocycles. The van der Waals surface area contributed by atoms with E-state index in [9.17, 15) is 0 Å². The smallest absolute Gasteiger partial charge is 0.119 e. The monoisotopic (exact) mass is 307 g/mol. The highest BCUT2D eigenvalue weighted by Gasteiger charge is 2.25. The van der Waals surface area contributed by atoms with E-state index in [0.717, 1.165) is 24.3 Å². The third kappa shape index (κ3) is 2.39. The molecule has 0 spiro atoms. The fraction of sp³-hybridized carbons (Fsp3) is 0.250. The van der Waals surface area contributed by atoms with Crippen molar-refractivity contribution in [2.45, 2.75) is 12.5 Å². The van der Waals surface area contributed by atoms with Gasteiger partial charge >= 0.3 is 0 Å². The van der Waals surface area contributed by atoms with Crippen molar-refractivity contribution in [2.24, 2.45) is 0 Å². The first-order valence-electron chi connectivity index (χ1n) is 6.55. The Morgan fingerprint density at radius 1 is 1.15 bits per heavy atom. The second-order valence-electron chi connectivity index (χ2n) is 4.84. The molecule has 0 aromatic heterocycles. The van der Waals surface area contributed by atoms with Crippen molar-refractivity contribution in [3.05, 3.63) is 63.1 Å². The van der Waals surface area contributed by atoms with Crippen molar-refractivity contribution >= 4 is 23.2 Å². The second kappa shape index (κ2) is 5.65. The minimum Gasteiger partial charge on any atom is -0.497 e. The number of fused-ring (bicyclic) bond motifs is 1. The standard InChI is InChI=1S/C16H15Cl2NO/c1-20-11-5-6-12-10(9-11)7-8-19-16(12)15-13(17)3-2-4-14(15)18/h2-6,9,16,19H,7-8H2,1H3. The first-order valence-corrected chi connectivity index (χ1v) is 7.30. The number of hydrogen-bond donors (Lipinski definition) is 1. The van der Waals surface area contributed by atoms with Gasteiger partial charge < -0.3 is 10.1 Å². The molecule has 2 nitrogen and oxygen atoms in total. The van der Waals surface area contributed by atoms with Crippen LogP contribution in [0.2, 0.25) is 10.0 Å². The maximum absolute atomic E-state index is 6.34. The van der Waals surface area contributed by atoms with Crippen molar-refractivity contribution in [3.8, 4) is 5.75 Å². The minimum absolute atomic E-state index is 0.0332. The number of benzene rings is 2.